The Morgan fingerprint density at radius 2 is 2.05 bits per heavy atom. The van der Waals surface area contributed by atoms with Crippen LogP contribution >= 0.6 is 12.4 Å². The lowest BCUT2D eigenvalue weighted by molar-refractivity contribution is -0.159. The van der Waals surface area contributed by atoms with Gasteiger partial charge in [0.05, 0.1) is 6.04 Å². The highest BCUT2D eigenvalue weighted by atomic mass is 35.5. The molecule has 0 aromatic carbocycles. The number of piperazine rings is 1. The average Bonchev–Trinajstić information content (AvgIpc) is 2.59. The molecule has 112 valence electrons. The molecule has 1 amide bonds. The summed E-state index contributed by atoms with van der Waals surface area (Å²) >= 11 is 0. The van der Waals surface area contributed by atoms with Crippen molar-refractivity contribution in [2.24, 2.45) is 0 Å². The number of hydrogen-bond acceptors (Lipinski definition) is 3. The van der Waals surface area contributed by atoms with Crippen LogP contribution < -0.4 is 5.32 Å². The van der Waals surface area contributed by atoms with Crippen LogP contribution in [0.5, 0.6) is 0 Å². The maximum atomic E-state index is 12.3. The Bertz CT molecular complexity index is 327. The van der Waals surface area contributed by atoms with Crippen molar-refractivity contribution in [3.63, 3.8) is 0 Å². The Hall–Kier alpha value is -0.530. The van der Waals surface area contributed by atoms with Crippen molar-refractivity contribution in [3.8, 4) is 0 Å². The van der Waals surface area contributed by atoms with Gasteiger partial charge in [-0.25, -0.2) is 0 Å². The van der Waals surface area contributed by atoms with Gasteiger partial charge < -0.3 is 10.2 Å². The molecule has 2 atom stereocenters. The monoisotopic (exact) mass is 301 g/mol. The van der Waals surface area contributed by atoms with Crippen molar-refractivity contribution < 1.29 is 18.0 Å². The van der Waals surface area contributed by atoms with Crippen molar-refractivity contribution in [2.45, 2.75) is 31.6 Å². The van der Waals surface area contributed by atoms with E-state index in [4.69, 9.17) is 0 Å². The Kier molecular flexibility index (Phi) is 5.46. The standard InChI is InChI=1S/C11H18F3N3O.ClH/c1-8-6-15-3-5-17(8)9-2-4-16(10(9)18)7-11(12,13)14;/h8-9,15H,2-7H2,1H3;1H/t8-,9?;/m0./s1. The van der Waals surface area contributed by atoms with E-state index in [2.05, 4.69) is 5.32 Å². The summed E-state index contributed by atoms with van der Waals surface area (Å²) in [5.74, 6) is -0.374. The fourth-order valence-electron chi connectivity index (χ4n) is 2.72. The molecule has 0 aromatic heterocycles. The molecule has 0 spiro atoms. The number of nitrogens with zero attached hydrogens (tertiary/aromatic N) is 2. The van der Waals surface area contributed by atoms with E-state index in [1.165, 1.54) is 0 Å². The second-order valence-corrected chi connectivity index (χ2v) is 4.97. The minimum Gasteiger partial charge on any atom is -0.332 e. The van der Waals surface area contributed by atoms with Crippen LogP contribution in [-0.2, 0) is 4.79 Å². The van der Waals surface area contributed by atoms with Gasteiger partial charge in [-0.3, -0.25) is 9.69 Å². The van der Waals surface area contributed by atoms with Gasteiger partial charge >= 0.3 is 6.18 Å². The first kappa shape index (κ1) is 16.5. The molecule has 4 nitrogen and oxygen atoms in total. The normalized spacial score (nSPS) is 29.5. The smallest absolute Gasteiger partial charge is 0.332 e. The summed E-state index contributed by atoms with van der Waals surface area (Å²) in [4.78, 5) is 14.9. The zero-order chi connectivity index (χ0) is 13.3. The summed E-state index contributed by atoms with van der Waals surface area (Å²) in [5, 5.41) is 3.21. The highest BCUT2D eigenvalue weighted by Gasteiger charge is 2.42. The van der Waals surface area contributed by atoms with E-state index < -0.39 is 12.7 Å². The molecular formula is C11H19ClF3N3O. The molecule has 2 heterocycles. The maximum absolute atomic E-state index is 12.3. The fourth-order valence-corrected chi connectivity index (χ4v) is 2.72. The van der Waals surface area contributed by atoms with E-state index in [-0.39, 0.29) is 36.9 Å². The Balaban J connectivity index is 0.00000180. The van der Waals surface area contributed by atoms with Gasteiger partial charge in [0.25, 0.3) is 0 Å². The van der Waals surface area contributed by atoms with Crippen LogP contribution in [0.4, 0.5) is 13.2 Å². The molecule has 1 N–H and O–H groups in total. The van der Waals surface area contributed by atoms with Gasteiger partial charge in [-0.15, -0.1) is 12.4 Å². The van der Waals surface area contributed by atoms with E-state index in [9.17, 15) is 18.0 Å². The number of amides is 1. The van der Waals surface area contributed by atoms with Crippen LogP contribution in [0, 0.1) is 0 Å². The number of carbonyl (C=O) groups excluding carboxylic acids is 1. The van der Waals surface area contributed by atoms with Crippen molar-refractivity contribution >= 4 is 18.3 Å². The van der Waals surface area contributed by atoms with Gasteiger partial charge in [0.1, 0.15) is 6.54 Å². The molecule has 0 saturated carbocycles. The lowest BCUT2D eigenvalue weighted by Crippen LogP contribution is -2.56. The van der Waals surface area contributed by atoms with Crippen LogP contribution in [0.2, 0.25) is 0 Å². The molecule has 1 unspecified atom stereocenters. The quantitative estimate of drug-likeness (QED) is 0.822. The number of likely N-dealkylation sites (tertiary alicyclic amines) is 1. The third-order valence-corrected chi connectivity index (χ3v) is 3.59. The minimum atomic E-state index is -4.31. The third kappa shape index (κ3) is 3.97. The van der Waals surface area contributed by atoms with Crippen LogP contribution in [0.15, 0.2) is 0 Å². The molecule has 0 aromatic rings. The number of carbonyl (C=O) groups is 1. The number of halogens is 4. The molecule has 2 rings (SSSR count). The van der Waals surface area contributed by atoms with E-state index >= 15 is 0 Å². The summed E-state index contributed by atoms with van der Waals surface area (Å²) in [6.45, 7) is 3.36. The number of rotatable bonds is 2. The average molecular weight is 302 g/mol. The molecule has 2 aliphatic rings. The lowest BCUT2D eigenvalue weighted by Gasteiger charge is -2.37. The summed E-state index contributed by atoms with van der Waals surface area (Å²) in [6, 6.07) is -0.178. The number of hydrogen-bond donors (Lipinski definition) is 1. The maximum Gasteiger partial charge on any atom is 0.406 e. The molecule has 2 saturated heterocycles. The van der Waals surface area contributed by atoms with Gasteiger partial charge in [0, 0.05) is 32.2 Å². The Morgan fingerprint density at radius 1 is 1.37 bits per heavy atom. The molecular weight excluding hydrogens is 283 g/mol. The predicted molar refractivity (Wildman–Crippen MR) is 67.3 cm³/mol. The molecule has 2 aliphatic heterocycles. The minimum absolute atomic E-state index is 0. The Morgan fingerprint density at radius 3 is 2.63 bits per heavy atom. The third-order valence-electron chi connectivity index (χ3n) is 3.59. The highest BCUT2D eigenvalue weighted by Crippen LogP contribution is 2.24. The lowest BCUT2D eigenvalue weighted by atomic mass is 10.1. The first-order valence-electron chi connectivity index (χ1n) is 6.20. The van der Waals surface area contributed by atoms with Crippen LogP contribution in [0.25, 0.3) is 0 Å². The summed E-state index contributed by atoms with van der Waals surface area (Å²) in [5.41, 5.74) is 0. The SMILES string of the molecule is C[C@H]1CNCCN1C1CCN(CC(F)(F)F)C1=O.Cl. The first-order chi connectivity index (χ1) is 8.38. The molecule has 0 radical (unpaired) electrons. The molecule has 0 bridgehead atoms. The van der Waals surface area contributed by atoms with Crippen molar-refractivity contribution in [1.29, 1.82) is 0 Å². The molecule has 19 heavy (non-hydrogen) atoms. The largest absolute Gasteiger partial charge is 0.406 e. The van der Waals surface area contributed by atoms with E-state index in [0.29, 0.717) is 6.42 Å². The van der Waals surface area contributed by atoms with Crippen molar-refractivity contribution in [1.82, 2.24) is 15.1 Å². The second-order valence-electron chi connectivity index (χ2n) is 4.97. The summed E-state index contributed by atoms with van der Waals surface area (Å²) in [6.07, 6.45) is -3.81. The zero-order valence-electron chi connectivity index (χ0n) is 10.7. The van der Waals surface area contributed by atoms with E-state index in [1.54, 1.807) is 0 Å². The zero-order valence-corrected chi connectivity index (χ0v) is 11.6. The molecule has 2 fully saturated rings. The van der Waals surface area contributed by atoms with E-state index in [1.807, 2.05) is 11.8 Å². The van der Waals surface area contributed by atoms with Gasteiger partial charge in [0.15, 0.2) is 0 Å². The number of alkyl halides is 3. The molecule has 8 heteroatoms. The van der Waals surface area contributed by atoms with E-state index in [0.717, 1.165) is 24.5 Å². The number of nitrogens with one attached hydrogen (secondary N) is 1. The van der Waals surface area contributed by atoms with Gasteiger partial charge in [-0.05, 0) is 13.3 Å². The Labute approximate surface area is 116 Å². The van der Waals surface area contributed by atoms with Gasteiger partial charge in [-0.1, -0.05) is 0 Å². The fraction of sp³-hybridized carbons (Fsp3) is 0.909. The van der Waals surface area contributed by atoms with Crippen LogP contribution in [0.3, 0.4) is 0 Å². The highest BCUT2D eigenvalue weighted by molar-refractivity contribution is 5.85. The first-order valence-corrected chi connectivity index (χ1v) is 6.20. The second kappa shape index (κ2) is 6.28. The van der Waals surface area contributed by atoms with Crippen LogP contribution in [-0.4, -0.2) is 66.7 Å². The molecule has 0 aliphatic carbocycles. The topological polar surface area (TPSA) is 35.6 Å². The predicted octanol–water partition coefficient (Wildman–Crippen LogP) is 0.865. The van der Waals surface area contributed by atoms with Crippen molar-refractivity contribution in [3.05, 3.63) is 0 Å². The van der Waals surface area contributed by atoms with Crippen LogP contribution in [0.1, 0.15) is 13.3 Å². The van der Waals surface area contributed by atoms with Gasteiger partial charge in [0.2, 0.25) is 5.91 Å². The summed E-state index contributed by atoms with van der Waals surface area (Å²) in [7, 11) is 0. The van der Waals surface area contributed by atoms with Gasteiger partial charge in [-0.2, -0.15) is 13.2 Å². The van der Waals surface area contributed by atoms with Crippen molar-refractivity contribution in [2.75, 3.05) is 32.7 Å². The summed E-state index contributed by atoms with van der Waals surface area (Å²) < 4.78 is 36.9.